The first-order chi connectivity index (χ1) is 13.4. The topological polar surface area (TPSA) is 88.7 Å². The normalized spacial score (nSPS) is 10.4. The van der Waals surface area contributed by atoms with Crippen molar-refractivity contribution >= 4 is 23.6 Å². The number of para-hydroxylation sites is 1. The predicted octanol–water partition coefficient (Wildman–Crippen LogP) is 2.59. The molecule has 0 fully saturated rings. The van der Waals surface area contributed by atoms with Gasteiger partial charge in [-0.05, 0) is 37.6 Å². The lowest BCUT2D eigenvalue weighted by atomic mass is 10.1. The molecule has 148 valence electrons. The molecule has 0 saturated carbocycles. The van der Waals surface area contributed by atoms with Crippen LogP contribution >= 0.6 is 0 Å². The molecule has 0 heterocycles. The minimum absolute atomic E-state index is 0.0393. The maximum Gasteiger partial charge on any atom is 0.262 e. The molecule has 2 amide bonds. The molecule has 2 aromatic rings. The molecule has 2 aromatic carbocycles. The van der Waals surface area contributed by atoms with Gasteiger partial charge in [0.05, 0.1) is 20.8 Å². The number of nitrogens with one attached hydrogen (secondary N) is 3. The van der Waals surface area contributed by atoms with Crippen LogP contribution in [0.5, 0.6) is 11.5 Å². The maximum absolute atomic E-state index is 11.9. The molecule has 0 unspecified atom stereocenters. The third kappa shape index (κ3) is 5.77. The molecule has 0 saturated heterocycles. The summed E-state index contributed by atoms with van der Waals surface area (Å²) in [5, 5.41) is 3.04. The SMILES string of the molecule is COc1cccc(/C=C/C(=O)NNC(=O)CNc2ccc(C)cc2C)c1OC. The van der Waals surface area contributed by atoms with Crippen LogP contribution in [0.4, 0.5) is 5.69 Å². The van der Waals surface area contributed by atoms with Gasteiger partial charge in [-0.3, -0.25) is 20.4 Å². The van der Waals surface area contributed by atoms with Gasteiger partial charge in [-0.1, -0.05) is 29.8 Å². The summed E-state index contributed by atoms with van der Waals surface area (Å²) >= 11 is 0. The highest BCUT2D eigenvalue weighted by Gasteiger charge is 2.08. The Kier molecular flexibility index (Phi) is 7.45. The second-order valence-electron chi connectivity index (χ2n) is 6.13. The van der Waals surface area contributed by atoms with Crippen LogP contribution in [0.3, 0.4) is 0 Å². The average molecular weight is 383 g/mol. The lowest BCUT2D eigenvalue weighted by Crippen LogP contribution is -2.43. The molecule has 7 heteroatoms. The van der Waals surface area contributed by atoms with E-state index in [4.69, 9.17) is 9.47 Å². The van der Waals surface area contributed by atoms with E-state index in [1.54, 1.807) is 31.4 Å². The summed E-state index contributed by atoms with van der Waals surface area (Å²) in [7, 11) is 3.07. The van der Waals surface area contributed by atoms with Crippen molar-refractivity contribution in [1.82, 2.24) is 10.9 Å². The van der Waals surface area contributed by atoms with Crippen molar-refractivity contribution in [3.05, 3.63) is 59.2 Å². The fraction of sp³-hybridized carbons (Fsp3) is 0.238. The van der Waals surface area contributed by atoms with Gasteiger partial charge in [-0.25, -0.2) is 0 Å². The van der Waals surface area contributed by atoms with Crippen LogP contribution in [-0.4, -0.2) is 32.6 Å². The number of hydrazine groups is 1. The van der Waals surface area contributed by atoms with E-state index in [0.29, 0.717) is 17.1 Å². The van der Waals surface area contributed by atoms with Gasteiger partial charge < -0.3 is 14.8 Å². The Morgan fingerprint density at radius 2 is 1.82 bits per heavy atom. The lowest BCUT2D eigenvalue weighted by Gasteiger charge is -2.11. The molecule has 28 heavy (non-hydrogen) atoms. The third-order valence-electron chi connectivity index (χ3n) is 3.99. The summed E-state index contributed by atoms with van der Waals surface area (Å²) in [6.07, 6.45) is 2.88. The molecule has 0 aliphatic heterocycles. The molecule has 0 aliphatic carbocycles. The van der Waals surface area contributed by atoms with E-state index < -0.39 is 5.91 Å². The first kappa shape index (κ1) is 20.8. The molecule has 0 spiro atoms. The first-order valence-electron chi connectivity index (χ1n) is 8.73. The van der Waals surface area contributed by atoms with Crippen molar-refractivity contribution in [2.45, 2.75) is 13.8 Å². The van der Waals surface area contributed by atoms with Crippen molar-refractivity contribution in [2.24, 2.45) is 0 Å². The number of anilines is 1. The largest absolute Gasteiger partial charge is 0.493 e. The van der Waals surface area contributed by atoms with Crippen LogP contribution in [0.25, 0.3) is 6.08 Å². The number of hydrogen-bond acceptors (Lipinski definition) is 5. The molecular formula is C21H25N3O4. The molecule has 0 atom stereocenters. The van der Waals surface area contributed by atoms with Gasteiger partial charge in [0.2, 0.25) is 0 Å². The van der Waals surface area contributed by atoms with Gasteiger partial charge in [0, 0.05) is 17.3 Å². The van der Waals surface area contributed by atoms with Crippen molar-refractivity contribution < 1.29 is 19.1 Å². The van der Waals surface area contributed by atoms with E-state index in [0.717, 1.165) is 16.8 Å². The number of amides is 2. The van der Waals surface area contributed by atoms with E-state index in [2.05, 4.69) is 16.2 Å². The van der Waals surface area contributed by atoms with Crippen molar-refractivity contribution in [3.63, 3.8) is 0 Å². The number of ether oxygens (including phenoxy) is 2. The van der Waals surface area contributed by atoms with Gasteiger partial charge >= 0.3 is 0 Å². The Labute approximate surface area is 164 Å². The van der Waals surface area contributed by atoms with Crippen molar-refractivity contribution in [1.29, 1.82) is 0 Å². The third-order valence-corrected chi connectivity index (χ3v) is 3.99. The number of carbonyl (C=O) groups excluding carboxylic acids is 2. The molecule has 0 bridgehead atoms. The number of carbonyl (C=O) groups is 2. The van der Waals surface area contributed by atoms with Crippen molar-refractivity contribution in [3.8, 4) is 11.5 Å². The highest BCUT2D eigenvalue weighted by Crippen LogP contribution is 2.31. The zero-order chi connectivity index (χ0) is 20.5. The van der Waals surface area contributed by atoms with Gasteiger partial charge in [0.25, 0.3) is 11.8 Å². The fourth-order valence-corrected chi connectivity index (χ4v) is 2.61. The van der Waals surface area contributed by atoms with Crippen molar-refractivity contribution in [2.75, 3.05) is 26.1 Å². The zero-order valence-corrected chi connectivity index (χ0v) is 16.5. The Bertz CT molecular complexity index is 878. The van der Waals surface area contributed by atoms with E-state index in [1.807, 2.05) is 32.0 Å². The monoisotopic (exact) mass is 383 g/mol. The Hall–Kier alpha value is -3.48. The van der Waals surface area contributed by atoms with E-state index >= 15 is 0 Å². The zero-order valence-electron chi connectivity index (χ0n) is 16.5. The Morgan fingerprint density at radius 3 is 2.50 bits per heavy atom. The number of benzene rings is 2. The smallest absolute Gasteiger partial charge is 0.262 e. The van der Waals surface area contributed by atoms with Crippen LogP contribution in [0.15, 0.2) is 42.5 Å². The average Bonchev–Trinajstić information content (AvgIpc) is 2.69. The predicted molar refractivity (Wildman–Crippen MR) is 109 cm³/mol. The summed E-state index contributed by atoms with van der Waals surface area (Å²) < 4.78 is 10.5. The van der Waals surface area contributed by atoms with Gasteiger partial charge in [-0.15, -0.1) is 0 Å². The number of hydrogen-bond donors (Lipinski definition) is 3. The Balaban J connectivity index is 1.85. The van der Waals surface area contributed by atoms with Gasteiger partial charge in [0.15, 0.2) is 11.5 Å². The minimum atomic E-state index is -0.468. The summed E-state index contributed by atoms with van der Waals surface area (Å²) in [6.45, 7) is 4.01. The molecular weight excluding hydrogens is 358 g/mol. The van der Waals surface area contributed by atoms with E-state index in [-0.39, 0.29) is 12.5 Å². The summed E-state index contributed by atoms with van der Waals surface area (Å²) in [6, 6.07) is 11.3. The molecule has 0 aromatic heterocycles. The van der Waals surface area contributed by atoms with E-state index in [1.165, 1.54) is 13.2 Å². The molecule has 0 radical (unpaired) electrons. The summed E-state index contributed by atoms with van der Waals surface area (Å²) in [4.78, 5) is 23.8. The van der Waals surface area contributed by atoms with Crippen LogP contribution in [0.2, 0.25) is 0 Å². The first-order valence-corrected chi connectivity index (χ1v) is 8.73. The van der Waals surface area contributed by atoms with Gasteiger partial charge in [0.1, 0.15) is 0 Å². The van der Waals surface area contributed by atoms with Crippen LogP contribution in [0, 0.1) is 13.8 Å². The number of aryl methyl sites for hydroxylation is 2. The summed E-state index contributed by atoms with van der Waals surface area (Å²) in [5.74, 6) is 0.261. The van der Waals surface area contributed by atoms with Crippen LogP contribution in [-0.2, 0) is 9.59 Å². The fourth-order valence-electron chi connectivity index (χ4n) is 2.61. The lowest BCUT2D eigenvalue weighted by molar-refractivity contribution is -0.125. The molecule has 0 aliphatic rings. The second kappa shape index (κ2) is 10.0. The van der Waals surface area contributed by atoms with Gasteiger partial charge in [-0.2, -0.15) is 0 Å². The van der Waals surface area contributed by atoms with Crippen LogP contribution < -0.4 is 25.6 Å². The highest BCUT2D eigenvalue weighted by molar-refractivity contribution is 5.94. The van der Waals surface area contributed by atoms with E-state index in [9.17, 15) is 9.59 Å². The van der Waals surface area contributed by atoms with Crippen LogP contribution in [0.1, 0.15) is 16.7 Å². The number of rotatable bonds is 7. The summed E-state index contributed by atoms with van der Waals surface area (Å²) in [5.41, 5.74) is 8.46. The second-order valence-corrected chi connectivity index (χ2v) is 6.13. The number of methoxy groups -OCH3 is 2. The quantitative estimate of drug-likeness (QED) is 0.505. The standard InChI is InChI=1S/C21H25N3O4/c1-14-8-10-17(15(2)12-14)22-13-20(26)24-23-19(25)11-9-16-6-5-7-18(27-3)21(16)28-4/h5-12,22H,13H2,1-4H3,(H,23,25)(H,24,26)/b11-9+. The highest BCUT2D eigenvalue weighted by atomic mass is 16.5. The maximum atomic E-state index is 11.9. The molecule has 7 nitrogen and oxygen atoms in total. The molecule has 2 rings (SSSR count). The Morgan fingerprint density at radius 1 is 1.04 bits per heavy atom. The molecule has 3 N–H and O–H groups in total. The minimum Gasteiger partial charge on any atom is -0.493 e.